The minimum Gasteiger partial charge on any atom is -0.477 e. The van der Waals surface area contributed by atoms with Gasteiger partial charge in [0.15, 0.2) is 0 Å². The van der Waals surface area contributed by atoms with Gasteiger partial charge in [0.1, 0.15) is 10.6 Å². The van der Waals surface area contributed by atoms with Gasteiger partial charge in [0.25, 0.3) is 10.0 Å². The lowest BCUT2D eigenvalue weighted by Gasteiger charge is -2.07. The minimum atomic E-state index is -3.90. The van der Waals surface area contributed by atoms with Crippen LogP contribution in [0.1, 0.15) is 10.5 Å². The Kier molecular flexibility index (Phi) is 3.94. The second-order valence-corrected chi connectivity index (χ2v) is 6.29. The van der Waals surface area contributed by atoms with Crippen molar-refractivity contribution in [1.82, 2.24) is 4.98 Å². The zero-order valence-electron chi connectivity index (χ0n) is 9.72. The molecule has 2 aromatic rings. The number of nitrogens with one attached hydrogen (secondary N) is 2. The summed E-state index contributed by atoms with van der Waals surface area (Å²) in [5.74, 6) is -1.25. The van der Waals surface area contributed by atoms with E-state index in [0.717, 1.165) is 12.3 Å². The van der Waals surface area contributed by atoms with E-state index in [2.05, 4.69) is 9.71 Å². The number of hydrogen-bond donors (Lipinski definition) is 3. The molecular weight excluding hydrogens is 327 g/mol. The molecule has 1 heterocycles. The van der Waals surface area contributed by atoms with Crippen LogP contribution < -0.4 is 4.72 Å². The van der Waals surface area contributed by atoms with Crippen LogP contribution in [-0.4, -0.2) is 24.5 Å². The monoisotopic (exact) mass is 334 g/mol. The van der Waals surface area contributed by atoms with Gasteiger partial charge in [-0.1, -0.05) is 23.2 Å². The molecule has 0 atom stereocenters. The molecule has 0 saturated carbocycles. The van der Waals surface area contributed by atoms with Gasteiger partial charge in [0.2, 0.25) is 0 Å². The fourth-order valence-electron chi connectivity index (χ4n) is 1.43. The van der Waals surface area contributed by atoms with Crippen molar-refractivity contribution in [1.29, 1.82) is 0 Å². The van der Waals surface area contributed by atoms with Gasteiger partial charge in [0.05, 0.1) is 15.7 Å². The van der Waals surface area contributed by atoms with Crippen LogP contribution in [0.25, 0.3) is 0 Å². The van der Waals surface area contributed by atoms with Gasteiger partial charge in [-0.15, -0.1) is 0 Å². The van der Waals surface area contributed by atoms with Gasteiger partial charge in [-0.25, -0.2) is 13.2 Å². The van der Waals surface area contributed by atoms with Crippen LogP contribution in [0.5, 0.6) is 0 Å². The number of aromatic nitrogens is 1. The largest absolute Gasteiger partial charge is 0.477 e. The first kappa shape index (κ1) is 14.7. The Morgan fingerprint density at radius 2 is 1.90 bits per heavy atom. The lowest BCUT2D eigenvalue weighted by Crippen LogP contribution is -2.12. The van der Waals surface area contributed by atoms with Crippen molar-refractivity contribution in [2.45, 2.75) is 4.90 Å². The first-order valence-corrected chi connectivity index (χ1v) is 7.43. The lowest BCUT2D eigenvalue weighted by molar-refractivity contribution is 0.0691. The first-order chi connectivity index (χ1) is 9.29. The number of rotatable bonds is 4. The number of hydrogen-bond acceptors (Lipinski definition) is 3. The zero-order chi connectivity index (χ0) is 14.9. The van der Waals surface area contributed by atoms with E-state index in [1.165, 1.54) is 18.2 Å². The van der Waals surface area contributed by atoms with Crippen LogP contribution >= 0.6 is 23.2 Å². The highest BCUT2D eigenvalue weighted by molar-refractivity contribution is 7.92. The number of aromatic carboxylic acids is 1. The van der Waals surface area contributed by atoms with Gasteiger partial charge in [-0.2, -0.15) is 0 Å². The number of aromatic amines is 1. The van der Waals surface area contributed by atoms with Gasteiger partial charge in [-0.05, 0) is 24.3 Å². The molecule has 0 spiro atoms. The highest BCUT2D eigenvalue weighted by Crippen LogP contribution is 2.26. The van der Waals surface area contributed by atoms with E-state index in [4.69, 9.17) is 28.3 Å². The van der Waals surface area contributed by atoms with Crippen molar-refractivity contribution >= 4 is 44.9 Å². The number of sulfonamides is 1. The molecule has 9 heteroatoms. The first-order valence-electron chi connectivity index (χ1n) is 5.19. The van der Waals surface area contributed by atoms with E-state index in [1.54, 1.807) is 0 Å². The fourth-order valence-corrected chi connectivity index (χ4v) is 2.77. The van der Waals surface area contributed by atoms with Crippen LogP contribution in [0, 0.1) is 0 Å². The van der Waals surface area contributed by atoms with E-state index < -0.39 is 16.0 Å². The number of H-pyrrole nitrogens is 1. The molecule has 1 aromatic carbocycles. The minimum absolute atomic E-state index is 0.194. The molecule has 0 aliphatic heterocycles. The number of anilines is 1. The molecule has 3 N–H and O–H groups in total. The summed E-state index contributed by atoms with van der Waals surface area (Å²) in [6.07, 6.45) is 1.09. The highest BCUT2D eigenvalue weighted by Gasteiger charge is 2.18. The molecule has 0 aliphatic rings. The molecule has 1 aromatic heterocycles. The van der Waals surface area contributed by atoms with E-state index in [9.17, 15) is 13.2 Å². The number of carboxylic acid groups (broad SMARTS) is 1. The van der Waals surface area contributed by atoms with Crippen molar-refractivity contribution < 1.29 is 18.3 Å². The molecule has 0 aliphatic carbocycles. The molecule has 0 bridgehead atoms. The molecule has 0 fully saturated rings. The Labute approximate surface area is 124 Å². The van der Waals surface area contributed by atoms with Gasteiger partial charge in [-0.3, -0.25) is 4.72 Å². The third kappa shape index (κ3) is 3.06. The van der Waals surface area contributed by atoms with E-state index in [0.29, 0.717) is 5.02 Å². The van der Waals surface area contributed by atoms with E-state index in [1.807, 2.05) is 0 Å². The molecule has 106 valence electrons. The maximum Gasteiger partial charge on any atom is 0.352 e. The summed E-state index contributed by atoms with van der Waals surface area (Å²) in [6, 6.07) is 5.26. The molecule has 20 heavy (non-hydrogen) atoms. The second kappa shape index (κ2) is 5.35. The van der Waals surface area contributed by atoms with Gasteiger partial charge >= 0.3 is 5.97 Å². The topological polar surface area (TPSA) is 99.3 Å². The fraction of sp³-hybridized carbons (Fsp3) is 0. The average Bonchev–Trinajstić information content (AvgIpc) is 2.84. The summed E-state index contributed by atoms with van der Waals surface area (Å²) in [7, 11) is -3.90. The van der Waals surface area contributed by atoms with Crippen molar-refractivity contribution in [2.75, 3.05) is 4.72 Å². The summed E-state index contributed by atoms with van der Waals surface area (Å²) in [5, 5.41) is 9.24. The highest BCUT2D eigenvalue weighted by atomic mass is 35.5. The van der Waals surface area contributed by atoms with E-state index >= 15 is 0 Å². The smallest absolute Gasteiger partial charge is 0.352 e. The van der Waals surface area contributed by atoms with Crippen LogP contribution in [0.4, 0.5) is 5.69 Å². The van der Waals surface area contributed by atoms with Crippen LogP contribution in [0.15, 0.2) is 35.4 Å². The number of halogens is 2. The predicted octanol–water partition coefficient (Wildman–Crippen LogP) is 2.82. The van der Waals surface area contributed by atoms with Crippen molar-refractivity contribution in [3.8, 4) is 0 Å². The summed E-state index contributed by atoms with van der Waals surface area (Å²) in [6.45, 7) is 0. The van der Waals surface area contributed by atoms with Gasteiger partial charge in [0, 0.05) is 6.20 Å². The molecule has 0 saturated heterocycles. The molecule has 2 rings (SSSR count). The third-order valence-corrected chi connectivity index (χ3v) is 4.47. The molecule has 0 unspecified atom stereocenters. The van der Waals surface area contributed by atoms with Crippen LogP contribution in [-0.2, 0) is 10.0 Å². The standard InChI is InChI=1S/C11H8Cl2N2O4S/c12-8-2-1-6(3-9(8)13)15-20(18,19)7-4-10(11(16)17)14-5-7/h1-5,14-15H,(H,16,17). The maximum atomic E-state index is 12.0. The SMILES string of the molecule is O=C(O)c1cc(S(=O)(=O)Nc2ccc(Cl)c(Cl)c2)c[nH]1. The maximum absolute atomic E-state index is 12.0. The Balaban J connectivity index is 2.30. The number of benzene rings is 1. The predicted molar refractivity (Wildman–Crippen MR) is 75.0 cm³/mol. The van der Waals surface area contributed by atoms with E-state index in [-0.39, 0.29) is 21.3 Å². The number of carboxylic acids is 1. The summed E-state index contributed by atoms with van der Waals surface area (Å²) >= 11 is 11.5. The second-order valence-electron chi connectivity index (χ2n) is 3.79. The summed E-state index contributed by atoms with van der Waals surface area (Å²) in [5.41, 5.74) is -0.00279. The van der Waals surface area contributed by atoms with Crippen molar-refractivity contribution in [2.24, 2.45) is 0 Å². The summed E-state index contributed by atoms with van der Waals surface area (Å²) < 4.78 is 26.3. The lowest BCUT2D eigenvalue weighted by atomic mass is 10.3. The Hall–Kier alpha value is -1.70. The molecule has 6 nitrogen and oxygen atoms in total. The number of carbonyl (C=O) groups is 1. The Morgan fingerprint density at radius 3 is 2.45 bits per heavy atom. The van der Waals surface area contributed by atoms with Crippen molar-refractivity contribution in [3.63, 3.8) is 0 Å². The Morgan fingerprint density at radius 1 is 1.20 bits per heavy atom. The Bertz CT molecular complexity index is 770. The molecule has 0 radical (unpaired) electrons. The van der Waals surface area contributed by atoms with Gasteiger partial charge < -0.3 is 10.1 Å². The molecule has 0 amide bonds. The van der Waals surface area contributed by atoms with Crippen LogP contribution in [0.3, 0.4) is 0 Å². The quantitative estimate of drug-likeness (QED) is 0.800. The third-order valence-electron chi connectivity index (χ3n) is 2.37. The van der Waals surface area contributed by atoms with Crippen LogP contribution in [0.2, 0.25) is 10.0 Å². The van der Waals surface area contributed by atoms with Crippen molar-refractivity contribution in [3.05, 3.63) is 46.2 Å². The normalized spacial score (nSPS) is 11.3. The average molecular weight is 335 g/mol. The summed E-state index contributed by atoms with van der Waals surface area (Å²) in [4.78, 5) is 12.9. The molecular formula is C11H8Cl2N2O4S. The zero-order valence-corrected chi connectivity index (χ0v) is 12.1.